The summed E-state index contributed by atoms with van der Waals surface area (Å²) in [7, 11) is 0. The van der Waals surface area contributed by atoms with Crippen molar-refractivity contribution in [1.82, 2.24) is 9.97 Å². The van der Waals surface area contributed by atoms with Gasteiger partial charge in [-0.2, -0.15) is 5.10 Å². The van der Waals surface area contributed by atoms with Crippen LogP contribution in [0.1, 0.15) is 56.6 Å². The number of hydrogen-bond acceptors (Lipinski definition) is 5. The van der Waals surface area contributed by atoms with E-state index in [4.69, 9.17) is 4.99 Å². The van der Waals surface area contributed by atoms with Crippen LogP contribution < -0.4 is 5.43 Å². The fourth-order valence-corrected chi connectivity index (χ4v) is 5.09. The van der Waals surface area contributed by atoms with Crippen molar-refractivity contribution in [3.63, 3.8) is 0 Å². The van der Waals surface area contributed by atoms with Crippen LogP contribution in [-0.2, 0) is 4.79 Å². The highest BCUT2D eigenvalue weighted by atomic mass is 19.1. The standard InChI is InChI=1S/C26H28FN5O2/c1-15-21(18-11-17-12-19(27)3-4-22(17)29-13-18)14-30-32-24-20(7-10-28-24)23(31-15)16-5-8-26(2,9-6-16)25(33)34/h3-4,7,10-16,21,28,32H,5-6,8-9H2,1-2H3,(H,33,34)/b30-14-,31-23?. The minimum absolute atomic E-state index is 0.151. The van der Waals surface area contributed by atoms with Gasteiger partial charge in [0.1, 0.15) is 11.6 Å². The fourth-order valence-electron chi connectivity index (χ4n) is 5.09. The topological polar surface area (TPSA) is 103 Å². The first-order chi connectivity index (χ1) is 16.3. The Hall–Kier alpha value is -3.55. The first-order valence-electron chi connectivity index (χ1n) is 11.7. The molecular formula is C26H28FN5O2. The number of fused-ring (bicyclic) bond motifs is 2. The van der Waals surface area contributed by atoms with E-state index >= 15 is 0 Å². The van der Waals surface area contributed by atoms with Crippen molar-refractivity contribution in [3.05, 3.63) is 59.7 Å². The van der Waals surface area contributed by atoms with Crippen molar-refractivity contribution in [2.24, 2.45) is 21.4 Å². The van der Waals surface area contributed by atoms with E-state index in [1.807, 2.05) is 38.4 Å². The molecule has 1 aromatic carbocycles. The smallest absolute Gasteiger partial charge is 0.309 e. The number of rotatable bonds is 3. The van der Waals surface area contributed by atoms with E-state index in [9.17, 15) is 14.3 Å². The Labute approximate surface area is 197 Å². The highest BCUT2D eigenvalue weighted by molar-refractivity contribution is 6.06. The zero-order valence-electron chi connectivity index (χ0n) is 19.3. The highest BCUT2D eigenvalue weighted by Gasteiger charge is 2.39. The molecule has 3 N–H and O–H groups in total. The van der Waals surface area contributed by atoms with Gasteiger partial charge in [-0.15, -0.1) is 0 Å². The number of hydrazone groups is 1. The third-order valence-electron chi connectivity index (χ3n) is 7.34. The third-order valence-corrected chi connectivity index (χ3v) is 7.34. The number of H-pyrrole nitrogens is 1. The predicted molar refractivity (Wildman–Crippen MR) is 131 cm³/mol. The molecule has 3 aromatic rings. The van der Waals surface area contributed by atoms with Crippen molar-refractivity contribution in [2.75, 3.05) is 5.43 Å². The van der Waals surface area contributed by atoms with Gasteiger partial charge in [-0.1, -0.05) is 0 Å². The predicted octanol–water partition coefficient (Wildman–Crippen LogP) is 5.36. The summed E-state index contributed by atoms with van der Waals surface area (Å²) in [6, 6.07) is 8.36. The molecule has 5 rings (SSSR count). The van der Waals surface area contributed by atoms with Gasteiger partial charge in [0.25, 0.3) is 0 Å². The second-order valence-electron chi connectivity index (χ2n) is 9.68. The fraction of sp³-hybridized carbons (Fsp3) is 0.385. The summed E-state index contributed by atoms with van der Waals surface area (Å²) in [4.78, 5) is 24.7. The number of benzene rings is 1. The Morgan fingerprint density at radius 1 is 1.21 bits per heavy atom. The number of aromatic nitrogens is 2. The van der Waals surface area contributed by atoms with Crippen LogP contribution in [0.25, 0.3) is 10.9 Å². The maximum atomic E-state index is 13.8. The molecule has 1 aliphatic heterocycles. The molecule has 1 aliphatic carbocycles. The molecule has 1 saturated carbocycles. The molecule has 2 aromatic heterocycles. The monoisotopic (exact) mass is 461 g/mol. The summed E-state index contributed by atoms with van der Waals surface area (Å²) in [6.45, 7) is 3.89. The summed E-state index contributed by atoms with van der Waals surface area (Å²) in [5.74, 6) is -0.261. The van der Waals surface area contributed by atoms with E-state index in [1.165, 1.54) is 12.1 Å². The average Bonchev–Trinajstić information content (AvgIpc) is 3.29. The number of halogens is 1. The molecule has 0 spiro atoms. The van der Waals surface area contributed by atoms with E-state index in [0.29, 0.717) is 12.8 Å². The number of nitrogens with one attached hydrogen (secondary N) is 2. The number of carboxylic acids is 1. The average molecular weight is 462 g/mol. The van der Waals surface area contributed by atoms with Crippen LogP contribution in [0.2, 0.25) is 0 Å². The summed E-state index contributed by atoms with van der Waals surface area (Å²) in [6.07, 6.45) is 8.26. The number of aromatic amines is 1. The molecule has 0 amide bonds. The number of hydrogen-bond donors (Lipinski definition) is 3. The molecule has 2 atom stereocenters. The molecule has 34 heavy (non-hydrogen) atoms. The molecule has 1 fully saturated rings. The molecule has 3 heterocycles. The van der Waals surface area contributed by atoms with Crippen LogP contribution in [0, 0.1) is 17.2 Å². The Bertz CT molecular complexity index is 1290. The van der Waals surface area contributed by atoms with Gasteiger partial charge in [0.05, 0.1) is 17.0 Å². The second kappa shape index (κ2) is 8.66. The minimum Gasteiger partial charge on any atom is -0.481 e. The largest absolute Gasteiger partial charge is 0.481 e. The molecule has 7 nitrogen and oxygen atoms in total. The van der Waals surface area contributed by atoms with Crippen LogP contribution in [0.4, 0.5) is 10.2 Å². The van der Waals surface area contributed by atoms with Crippen molar-refractivity contribution in [2.45, 2.75) is 51.5 Å². The van der Waals surface area contributed by atoms with Gasteiger partial charge in [0, 0.05) is 47.1 Å². The van der Waals surface area contributed by atoms with Crippen LogP contribution >= 0.6 is 0 Å². The number of anilines is 1. The van der Waals surface area contributed by atoms with Gasteiger partial charge in [-0.25, -0.2) is 4.39 Å². The van der Waals surface area contributed by atoms with Gasteiger partial charge in [-0.05, 0) is 75.4 Å². The lowest BCUT2D eigenvalue weighted by Gasteiger charge is -2.35. The van der Waals surface area contributed by atoms with E-state index in [2.05, 4.69) is 20.5 Å². The highest BCUT2D eigenvalue weighted by Crippen LogP contribution is 2.41. The summed E-state index contributed by atoms with van der Waals surface area (Å²) in [5.41, 5.74) is 6.01. The number of aliphatic carboxylic acids is 1. The van der Waals surface area contributed by atoms with Gasteiger partial charge < -0.3 is 10.1 Å². The number of carbonyl (C=O) groups is 1. The van der Waals surface area contributed by atoms with E-state index in [0.717, 1.165) is 46.4 Å². The first-order valence-corrected chi connectivity index (χ1v) is 11.7. The zero-order chi connectivity index (χ0) is 23.9. The lowest BCUT2D eigenvalue weighted by atomic mass is 9.70. The van der Waals surface area contributed by atoms with Crippen LogP contribution in [0.3, 0.4) is 0 Å². The van der Waals surface area contributed by atoms with E-state index in [-0.39, 0.29) is 23.7 Å². The molecule has 2 aliphatic rings. The third kappa shape index (κ3) is 4.08. The lowest BCUT2D eigenvalue weighted by Crippen LogP contribution is -2.35. The normalized spacial score (nSPS) is 28.1. The number of pyridine rings is 1. The Kier molecular flexibility index (Phi) is 5.67. The van der Waals surface area contributed by atoms with Crippen molar-refractivity contribution in [3.8, 4) is 0 Å². The summed E-state index contributed by atoms with van der Waals surface area (Å²) in [5, 5.41) is 14.9. The molecular weight excluding hydrogens is 433 g/mol. The van der Waals surface area contributed by atoms with Crippen LogP contribution in [0.5, 0.6) is 0 Å². The molecule has 8 heteroatoms. The number of nitrogens with zero attached hydrogens (tertiary/aromatic N) is 3. The molecule has 176 valence electrons. The number of aliphatic imine (C=N–C) groups is 1. The first kappa shape index (κ1) is 22.3. The van der Waals surface area contributed by atoms with Gasteiger partial charge in [-0.3, -0.25) is 20.2 Å². The SMILES string of the molecule is CC1N=C(C2CCC(C)(C(=O)O)CC2)c2cc[nH]c2N/N=C\C1c1cnc2ccc(F)cc2c1. The molecule has 0 radical (unpaired) electrons. The maximum Gasteiger partial charge on any atom is 0.309 e. The Balaban J connectivity index is 1.51. The number of carboxylic acid groups (broad SMARTS) is 1. The quantitative estimate of drug-likeness (QED) is 0.489. The van der Waals surface area contributed by atoms with E-state index < -0.39 is 11.4 Å². The van der Waals surface area contributed by atoms with E-state index in [1.54, 1.807) is 12.3 Å². The molecule has 0 bridgehead atoms. The molecule has 0 saturated heterocycles. The maximum absolute atomic E-state index is 13.8. The van der Waals surface area contributed by atoms with Crippen LogP contribution in [-0.4, -0.2) is 39.0 Å². The second-order valence-corrected chi connectivity index (χ2v) is 9.68. The Morgan fingerprint density at radius 3 is 2.76 bits per heavy atom. The van der Waals surface area contributed by atoms with Gasteiger partial charge in [0.15, 0.2) is 0 Å². The minimum atomic E-state index is -0.728. The van der Waals surface area contributed by atoms with Gasteiger partial charge >= 0.3 is 5.97 Å². The van der Waals surface area contributed by atoms with Crippen molar-refractivity contribution < 1.29 is 14.3 Å². The van der Waals surface area contributed by atoms with Crippen LogP contribution in [0.15, 0.2) is 52.8 Å². The lowest BCUT2D eigenvalue weighted by molar-refractivity contribution is -0.150. The summed E-state index contributed by atoms with van der Waals surface area (Å²) < 4.78 is 13.8. The van der Waals surface area contributed by atoms with Crippen molar-refractivity contribution >= 4 is 34.6 Å². The molecule has 2 unspecified atom stereocenters. The Morgan fingerprint density at radius 2 is 2.00 bits per heavy atom. The summed E-state index contributed by atoms with van der Waals surface area (Å²) >= 11 is 0. The van der Waals surface area contributed by atoms with Crippen molar-refractivity contribution in [1.29, 1.82) is 0 Å². The zero-order valence-corrected chi connectivity index (χ0v) is 19.3. The van der Waals surface area contributed by atoms with Gasteiger partial charge in [0.2, 0.25) is 0 Å².